The van der Waals surface area contributed by atoms with Crippen molar-refractivity contribution in [3.05, 3.63) is 77.6 Å². The van der Waals surface area contributed by atoms with Gasteiger partial charge in [-0.05, 0) is 62.1 Å². The lowest BCUT2D eigenvalue weighted by Crippen LogP contribution is -2.49. The molecular formula is C27H31N3O5. The summed E-state index contributed by atoms with van der Waals surface area (Å²) < 4.78 is 11.0. The van der Waals surface area contributed by atoms with Crippen molar-refractivity contribution < 1.29 is 23.2 Å². The van der Waals surface area contributed by atoms with Crippen molar-refractivity contribution in [2.75, 3.05) is 11.4 Å². The van der Waals surface area contributed by atoms with Gasteiger partial charge in [0, 0.05) is 11.7 Å². The number of hydrogen-bond acceptors (Lipinski definition) is 5. The fourth-order valence-corrected chi connectivity index (χ4v) is 4.52. The molecule has 1 aliphatic rings. The molecule has 8 nitrogen and oxygen atoms in total. The van der Waals surface area contributed by atoms with Gasteiger partial charge < -0.3 is 19.5 Å². The van der Waals surface area contributed by atoms with Gasteiger partial charge in [0.2, 0.25) is 5.91 Å². The Balaban J connectivity index is 1.70. The van der Waals surface area contributed by atoms with Gasteiger partial charge in [-0.15, -0.1) is 0 Å². The molecule has 0 saturated heterocycles. The largest absolute Gasteiger partial charge is 0.464 e. The SMILES string of the molecule is CCc1ccccc1N(C(=O)CNC(=O)c1ccco1)[C@@H](C(=O)NC1CCCC1)c1ccc(C)o1. The summed E-state index contributed by atoms with van der Waals surface area (Å²) in [5.41, 5.74) is 1.51. The zero-order valence-electron chi connectivity index (χ0n) is 20.1. The van der Waals surface area contributed by atoms with Gasteiger partial charge in [-0.1, -0.05) is 38.0 Å². The van der Waals surface area contributed by atoms with Crippen molar-refractivity contribution >= 4 is 23.4 Å². The normalized spacial score (nSPS) is 14.5. The van der Waals surface area contributed by atoms with E-state index < -0.39 is 17.9 Å². The van der Waals surface area contributed by atoms with Crippen LogP contribution in [0.15, 0.2) is 63.6 Å². The summed E-state index contributed by atoms with van der Waals surface area (Å²) in [4.78, 5) is 41.3. The van der Waals surface area contributed by atoms with Gasteiger partial charge in [0.1, 0.15) is 11.5 Å². The molecule has 3 aromatic rings. The zero-order valence-corrected chi connectivity index (χ0v) is 20.1. The lowest BCUT2D eigenvalue weighted by atomic mass is 10.0. The van der Waals surface area contributed by atoms with Crippen LogP contribution in [0.5, 0.6) is 0 Å². The molecule has 3 amide bonds. The highest BCUT2D eigenvalue weighted by molar-refractivity contribution is 6.04. The van der Waals surface area contributed by atoms with Gasteiger partial charge in [0.05, 0.1) is 12.8 Å². The summed E-state index contributed by atoms with van der Waals surface area (Å²) in [5.74, 6) is -0.131. The van der Waals surface area contributed by atoms with Crippen LogP contribution in [-0.4, -0.2) is 30.3 Å². The number of aryl methyl sites for hydroxylation is 2. The third-order valence-electron chi connectivity index (χ3n) is 6.28. The molecule has 0 radical (unpaired) electrons. The molecule has 0 spiro atoms. The summed E-state index contributed by atoms with van der Waals surface area (Å²) in [6.45, 7) is 3.47. The van der Waals surface area contributed by atoms with Crippen molar-refractivity contribution in [2.24, 2.45) is 0 Å². The van der Waals surface area contributed by atoms with Crippen LogP contribution in [0.4, 0.5) is 5.69 Å². The summed E-state index contributed by atoms with van der Waals surface area (Å²) in [5, 5.41) is 5.73. The van der Waals surface area contributed by atoms with Crippen molar-refractivity contribution in [3.63, 3.8) is 0 Å². The molecule has 4 rings (SSSR count). The van der Waals surface area contributed by atoms with E-state index >= 15 is 0 Å². The third kappa shape index (κ3) is 5.65. The summed E-state index contributed by atoms with van der Waals surface area (Å²) >= 11 is 0. The number of benzene rings is 1. The average Bonchev–Trinajstić information content (AvgIpc) is 3.64. The number of furan rings is 2. The van der Waals surface area contributed by atoms with Crippen molar-refractivity contribution in [1.82, 2.24) is 10.6 Å². The predicted octanol–water partition coefficient (Wildman–Crippen LogP) is 4.31. The molecule has 2 heterocycles. The Labute approximate surface area is 204 Å². The Morgan fingerprint density at radius 1 is 1.06 bits per heavy atom. The highest BCUT2D eigenvalue weighted by Crippen LogP contribution is 2.32. The summed E-state index contributed by atoms with van der Waals surface area (Å²) in [6.07, 6.45) is 6.00. The van der Waals surface area contributed by atoms with Gasteiger partial charge in [-0.3, -0.25) is 19.3 Å². The van der Waals surface area contributed by atoms with Crippen LogP contribution in [0.3, 0.4) is 0 Å². The molecule has 0 bridgehead atoms. The Morgan fingerprint density at radius 3 is 2.49 bits per heavy atom. The molecule has 1 atom stereocenters. The lowest BCUT2D eigenvalue weighted by molar-refractivity contribution is -0.127. The van der Waals surface area contributed by atoms with Crippen LogP contribution in [0.2, 0.25) is 0 Å². The quantitative estimate of drug-likeness (QED) is 0.478. The van der Waals surface area contributed by atoms with Gasteiger partial charge in [0.15, 0.2) is 11.8 Å². The van der Waals surface area contributed by atoms with Crippen LogP contribution in [0.1, 0.15) is 66.3 Å². The van der Waals surface area contributed by atoms with Crippen molar-refractivity contribution in [2.45, 2.75) is 58.0 Å². The predicted molar refractivity (Wildman–Crippen MR) is 131 cm³/mol. The fraction of sp³-hybridized carbons (Fsp3) is 0.370. The van der Waals surface area contributed by atoms with E-state index in [0.29, 0.717) is 23.6 Å². The van der Waals surface area contributed by atoms with Gasteiger partial charge in [-0.2, -0.15) is 0 Å². The molecule has 184 valence electrons. The number of hydrogen-bond donors (Lipinski definition) is 2. The number of nitrogens with one attached hydrogen (secondary N) is 2. The van der Waals surface area contributed by atoms with Gasteiger partial charge in [0.25, 0.3) is 11.8 Å². The highest BCUT2D eigenvalue weighted by Gasteiger charge is 2.37. The van der Waals surface area contributed by atoms with Crippen molar-refractivity contribution in [1.29, 1.82) is 0 Å². The fourth-order valence-electron chi connectivity index (χ4n) is 4.52. The van der Waals surface area contributed by atoms with E-state index in [1.807, 2.05) is 31.2 Å². The van der Waals surface area contributed by atoms with E-state index in [1.165, 1.54) is 17.2 Å². The molecule has 1 aromatic carbocycles. The standard InChI is InChI=1S/C27H31N3O5/c1-3-19-9-4-7-12-21(19)30(24(31)17-28-26(32)23-13-8-16-34-23)25(22-15-14-18(2)35-22)27(33)29-20-10-5-6-11-20/h4,7-9,12-16,20,25H,3,5-6,10-11,17H2,1-2H3,(H,28,32)(H,29,33)/t25-/m1/s1. The number of rotatable bonds is 9. The van der Waals surface area contributed by atoms with E-state index in [4.69, 9.17) is 8.83 Å². The number of anilines is 1. The van der Waals surface area contributed by atoms with Gasteiger partial charge in [-0.25, -0.2) is 0 Å². The first-order valence-corrected chi connectivity index (χ1v) is 12.1. The third-order valence-corrected chi connectivity index (χ3v) is 6.28. The lowest BCUT2D eigenvalue weighted by Gasteiger charge is -2.32. The summed E-state index contributed by atoms with van der Waals surface area (Å²) in [6, 6.07) is 13.1. The van der Waals surface area contributed by atoms with E-state index in [2.05, 4.69) is 10.6 Å². The van der Waals surface area contributed by atoms with E-state index in [1.54, 1.807) is 25.1 Å². The van der Waals surface area contributed by atoms with Gasteiger partial charge >= 0.3 is 0 Å². The second-order valence-corrected chi connectivity index (χ2v) is 8.75. The minimum Gasteiger partial charge on any atom is -0.464 e. The van der Waals surface area contributed by atoms with E-state index in [9.17, 15) is 14.4 Å². The first-order chi connectivity index (χ1) is 17.0. The monoisotopic (exact) mass is 477 g/mol. The maximum absolute atomic E-state index is 13.7. The second kappa shape index (κ2) is 11.1. The van der Waals surface area contributed by atoms with Crippen LogP contribution >= 0.6 is 0 Å². The minimum absolute atomic E-state index is 0.0677. The van der Waals surface area contributed by atoms with Crippen LogP contribution in [-0.2, 0) is 16.0 Å². The highest BCUT2D eigenvalue weighted by atomic mass is 16.3. The van der Waals surface area contributed by atoms with Crippen LogP contribution in [0, 0.1) is 6.92 Å². The Hall–Kier alpha value is -3.81. The maximum Gasteiger partial charge on any atom is 0.287 e. The minimum atomic E-state index is -1.02. The van der Waals surface area contributed by atoms with E-state index in [-0.39, 0.29) is 24.3 Å². The second-order valence-electron chi connectivity index (χ2n) is 8.75. The zero-order chi connectivity index (χ0) is 24.8. The molecule has 1 fully saturated rings. The van der Waals surface area contributed by atoms with E-state index in [0.717, 1.165) is 31.2 Å². The topological polar surface area (TPSA) is 105 Å². The molecular weight excluding hydrogens is 446 g/mol. The molecule has 2 N–H and O–H groups in total. The number of carbonyl (C=O) groups is 3. The number of para-hydroxylation sites is 1. The number of carbonyl (C=O) groups excluding carboxylic acids is 3. The van der Waals surface area contributed by atoms with Crippen LogP contribution < -0.4 is 15.5 Å². The van der Waals surface area contributed by atoms with Crippen molar-refractivity contribution in [3.8, 4) is 0 Å². The average molecular weight is 478 g/mol. The smallest absolute Gasteiger partial charge is 0.287 e. The Morgan fingerprint density at radius 2 is 1.83 bits per heavy atom. The molecule has 35 heavy (non-hydrogen) atoms. The summed E-state index contributed by atoms with van der Waals surface area (Å²) in [7, 11) is 0. The molecule has 0 unspecified atom stereocenters. The maximum atomic E-state index is 13.7. The molecule has 0 aliphatic heterocycles. The molecule has 1 aliphatic carbocycles. The molecule has 2 aromatic heterocycles. The Bertz CT molecular complexity index is 1160. The Kier molecular flexibility index (Phi) is 7.70. The number of nitrogens with zero attached hydrogens (tertiary/aromatic N) is 1. The number of amides is 3. The first-order valence-electron chi connectivity index (χ1n) is 12.1. The molecule has 1 saturated carbocycles. The van der Waals surface area contributed by atoms with Crippen LogP contribution in [0.25, 0.3) is 0 Å². The molecule has 8 heteroatoms. The first kappa shape index (κ1) is 24.3.